The lowest BCUT2D eigenvalue weighted by atomic mass is 9.81. The average Bonchev–Trinajstić information content (AvgIpc) is 3.07. The number of carbonyl (C=O) groups excluding carboxylic acids is 3. The zero-order valence-electron chi connectivity index (χ0n) is 29.5. The fourth-order valence-corrected chi connectivity index (χ4v) is 5.62. The van der Waals surface area contributed by atoms with Gasteiger partial charge in [-0.3, -0.25) is 19.3 Å². The Morgan fingerprint density at radius 3 is 1.96 bits per heavy atom. The van der Waals surface area contributed by atoms with Gasteiger partial charge in [-0.05, 0) is 23.7 Å². The Morgan fingerprint density at radius 2 is 1.44 bits per heavy atom. The van der Waals surface area contributed by atoms with Gasteiger partial charge in [0.25, 0.3) is 5.91 Å². The predicted molar refractivity (Wildman–Crippen MR) is 179 cm³/mol. The molecular formula is C34H59N5O9. The summed E-state index contributed by atoms with van der Waals surface area (Å²) in [5.74, 6) is -0.308. The third-order valence-corrected chi connectivity index (χ3v) is 8.21. The quantitative estimate of drug-likeness (QED) is 0.0609. The van der Waals surface area contributed by atoms with E-state index in [1.54, 1.807) is 11.0 Å². The topological polar surface area (TPSA) is 161 Å². The van der Waals surface area contributed by atoms with Gasteiger partial charge in [-0.2, -0.15) is 5.26 Å². The number of carbonyl (C=O) groups is 3. The van der Waals surface area contributed by atoms with Crippen LogP contribution in [-0.2, 0) is 42.8 Å². The predicted octanol–water partition coefficient (Wildman–Crippen LogP) is 0.861. The number of nitrogens with one attached hydrogen (secondary N) is 2. The number of hydrogen-bond acceptors (Lipinski definition) is 11. The van der Waals surface area contributed by atoms with Crippen LogP contribution in [0, 0.1) is 34.5 Å². The monoisotopic (exact) mass is 681 g/mol. The molecule has 0 aromatic carbocycles. The molecule has 2 aliphatic rings. The van der Waals surface area contributed by atoms with Gasteiger partial charge >= 0.3 is 0 Å². The van der Waals surface area contributed by atoms with E-state index in [-0.39, 0.29) is 41.2 Å². The molecule has 2 aliphatic heterocycles. The molecule has 3 amide bonds. The summed E-state index contributed by atoms with van der Waals surface area (Å²) < 4.78 is 32.7. The number of ether oxygens (including phenoxy) is 6. The molecule has 0 spiro atoms. The number of nitrogens with zero attached hydrogens (tertiary/aromatic N) is 3. The van der Waals surface area contributed by atoms with Gasteiger partial charge in [0.05, 0.1) is 85.2 Å². The van der Waals surface area contributed by atoms with E-state index < -0.39 is 0 Å². The highest BCUT2D eigenvalue weighted by Gasteiger charge is 2.36. The Bertz CT molecular complexity index is 998. The van der Waals surface area contributed by atoms with Crippen LogP contribution in [0.5, 0.6) is 0 Å². The molecule has 274 valence electrons. The summed E-state index contributed by atoms with van der Waals surface area (Å²) >= 11 is 0. The molecule has 14 nitrogen and oxygen atoms in total. The number of morpholine rings is 1. The van der Waals surface area contributed by atoms with Gasteiger partial charge in [0, 0.05) is 45.8 Å². The standard InChI is InChI=1S/C34H59N5O9/c1-28(2)29-21-30(25-39(24-29)33(42)31(23-35)22-34(3,4)26-38-7-11-45-12-8-38)32(41)37-6-10-44-14-16-47-18-20-48-19-17-46-15-13-43-9-5-36-27-40/h22,27-30H,5-21,24-26H2,1-4H3,(H,36,40)(H,37,41)/b31-22+. The summed E-state index contributed by atoms with van der Waals surface area (Å²) in [4.78, 5) is 40.8. The molecule has 0 bridgehead atoms. The Balaban J connectivity index is 1.63. The fourth-order valence-electron chi connectivity index (χ4n) is 5.62. The van der Waals surface area contributed by atoms with Crippen molar-refractivity contribution >= 4 is 18.2 Å². The van der Waals surface area contributed by atoms with E-state index in [2.05, 4.69) is 35.5 Å². The summed E-state index contributed by atoms with van der Waals surface area (Å²) in [5, 5.41) is 15.4. The molecule has 0 aliphatic carbocycles. The molecule has 2 heterocycles. The second-order valence-electron chi connectivity index (χ2n) is 13.1. The Hall–Kier alpha value is -2.64. The van der Waals surface area contributed by atoms with Crippen LogP contribution in [0.2, 0.25) is 0 Å². The van der Waals surface area contributed by atoms with Crippen LogP contribution in [0.3, 0.4) is 0 Å². The van der Waals surface area contributed by atoms with Gasteiger partial charge in [0.1, 0.15) is 11.6 Å². The molecule has 0 aromatic rings. The number of piperidine rings is 1. The number of hydrogen-bond donors (Lipinski definition) is 2. The molecule has 2 rings (SSSR count). The van der Waals surface area contributed by atoms with Crippen molar-refractivity contribution in [1.82, 2.24) is 20.4 Å². The van der Waals surface area contributed by atoms with E-state index in [1.807, 2.05) is 13.8 Å². The number of nitriles is 1. The molecule has 0 saturated carbocycles. The minimum atomic E-state index is -0.370. The maximum Gasteiger partial charge on any atom is 0.264 e. The Morgan fingerprint density at radius 1 is 0.896 bits per heavy atom. The van der Waals surface area contributed by atoms with Crippen LogP contribution >= 0.6 is 0 Å². The second-order valence-corrected chi connectivity index (χ2v) is 13.1. The zero-order chi connectivity index (χ0) is 35.0. The Kier molecular flexibility index (Phi) is 21.2. The summed E-state index contributed by atoms with van der Waals surface area (Å²) in [6, 6.07) is 2.15. The van der Waals surface area contributed by atoms with Crippen molar-refractivity contribution in [3.63, 3.8) is 0 Å². The molecule has 2 saturated heterocycles. The summed E-state index contributed by atoms with van der Waals surface area (Å²) in [6.45, 7) is 18.1. The van der Waals surface area contributed by atoms with Gasteiger partial charge in [-0.1, -0.05) is 33.8 Å². The first-order valence-electron chi connectivity index (χ1n) is 17.2. The normalized spacial score (nSPS) is 19.2. The molecule has 48 heavy (non-hydrogen) atoms. The van der Waals surface area contributed by atoms with E-state index in [4.69, 9.17) is 28.4 Å². The molecule has 0 aromatic heterocycles. The molecule has 2 N–H and O–H groups in total. The van der Waals surface area contributed by atoms with Gasteiger partial charge in [0.2, 0.25) is 12.3 Å². The summed E-state index contributed by atoms with van der Waals surface area (Å²) in [7, 11) is 0. The van der Waals surface area contributed by atoms with Crippen LogP contribution in [0.4, 0.5) is 0 Å². The minimum Gasteiger partial charge on any atom is -0.379 e. The van der Waals surface area contributed by atoms with Crippen molar-refractivity contribution in [3.05, 3.63) is 11.6 Å². The summed E-state index contributed by atoms with van der Waals surface area (Å²) in [6.07, 6.45) is 3.13. The molecule has 2 atom stereocenters. The molecule has 0 radical (unpaired) electrons. The second kappa shape index (κ2) is 24.5. The zero-order valence-corrected chi connectivity index (χ0v) is 29.5. The third kappa shape index (κ3) is 17.7. The largest absolute Gasteiger partial charge is 0.379 e. The van der Waals surface area contributed by atoms with Crippen molar-refractivity contribution in [3.8, 4) is 6.07 Å². The molecule has 2 fully saturated rings. The Labute approximate surface area is 286 Å². The van der Waals surface area contributed by atoms with Crippen LogP contribution in [-0.4, -0.2) is 153 Å². The van der Waals surface area contributed by atoms with Crippen LogP contribution in [0.25, 0.3) is 0 Å². The van der Waals surface area contributed by atoms with E-state index in [1.165, 1.54) is 0 Å². The van der Waals surface area contributed by atoms with Crippen LogP contribution in [0.1, 0.15) is 34.1 Å². The van der Waals surface area contributed by atoms with Gasteiger partial charge in [-0.25, -0.2) is 0 Å². The number of rotatable bonds is 25. The lowest BCUT2D eigenvalue weighted by Gasteiger charge is -2.39. The number of amides is 3. The van der Waals surface area contributed by atoms with Gasteiger partial charge in [0.15, 0.2) is 0 Å². The van der Waals surface area contributed by atoms with E-state index in [0.717, 1.165) is 19.6 Å². The van der Waals surface area contributed by atoms with E-state index in [9.17, 15) is 19.6 Å². The van der Waals surface area contributed by atoms with Crippen molar-refractivity contribution in [2.45, 2.75) is 34.1 Å². The van der Waals surface area contributed by atoms with Crippen molar-refractivity contribution in [2.24, 2.45) is 23.2 Å². The smallest absolute Gasteiger partial charge is 0.264 e. The highest BCUT2D eigenvalue weighted by molar-refractivity contribution is 5.97. The lowest BCUT2D eigenvalue weighted by Crippen LogP contribution is -2.50. The first kappa shape index (κ1) is 41.5. The van der Waals surface area contributed by atoms with Crippen molar-refractivity contribution in [2.75, 3.05) is 125 Å². The highest BCUT2D eigenvalue weighted by atomic mass is 16.6. The maximum absolute atomic E-state index is 13.6. The fraction of sp³-hybridized carbons (Fsp3) is 0.824. The van der Waals surface area contributed by atoms with Crippen molar-refractivity contribution in [1.29, 1.82) is 5.26 Å². The third-order valence-electron chi connectivity index (χ3n) is 8.21. The molecular weight excluding hydrogens is 622 g/mol. The first-order valence-corrected chi connectivity index (χ1v) is 17.2. The SMILES string of the molecule is CC(C)C1CC(C(=O)NCCOCCOCCOCCOCCOCCNC=O)CN(C(=O)/C(C#N)=C/C(C)(C)CN2CCOCC2)C1. The van der Waals surface area contributed by atoms with E-state index in [0.29, 0.717) is 118 Å². The van der Waals surface area contributed by atoms with Gasteiger partial charge in [-0.15, -0.1) is 0 Å². The molecule has 2 unspecified atom stereocenters. The average molecular weight is 682 g/mol. The number of likely N-dealkylation sites (tertiary alicyclic amines) is 1. The summed E-state index contributed by atoms with van der Waals surface area (Å²) in [5.41, 5.74) is -0.238. The van der Waals surface area contributed by atoms with Crippen LogP contribution < -0.4 is 10.6 Å². The highest BCUT2D eigenvalue weighted by Crippen LogP contribution is 2.30. The molecule has 14 heteroatoms. The van der Waals surface area contributed by atoms with Gasteiger partial charge < -0.3 is 44.0 Å². The van der Waals surface area contributed by atoms with Crippen LogP contribution in [0.15, 0.2) is 11.6 Å². The minimum absolute atomic E-state index is 0.103. The van der Waals surface area contributed by atoms with Crippen molar-refractivity contribution < 1.29 is 42.8 Å². The first-order chi connectivity index (χ1) is 23.2. The maximum atomic E-state index is 13.6. The lowest BCUT2D eigenvalue weighted by molar-refractivity contribution is -0.134. The van der Waals surface area contributed by atoms with E-state index >= 15 is 0 Å².